The van der Waals surface area contributed by atoms with Crippen LogP contribution in [-0.4, -0.2) is 66.1 Å². The van der Waals surface area contributed by atoms with Crippen LogP contribution in [0.4, 0.5) is 5.69 Å². The number of pyridine rings is 1. The summed E-state index contributed by atoms with van der Waals surface area (Å²) in [5, 5.41) is 0. The topological polar surface area (TPSA) is 123 Å². The minimum Gasteiger partial charge on any atom is -0.481 e. The van der Waals surface area contributed by atoms with Crippen LogP contribution in [0.15, 0.2) is 47.4 Å². The number of rotatable bonds is 8. The van der Waals surface area contributed by atoms with E-state index in [0.29, 0.717) is 4.31 Å². The molecule has 10 nitrogen and oxygen atoms in total. The molecule has 2 aromatic rings. The molecule has 0 atom stereocenters. The van der Waals surface area contributed by atoms with Gasteiger partial charge in [0.05, 0.1) is 31.9 Å². The van der Waals surface area contributed by atoms with E-state index in [9.17, 15) is 21.6 Å². The molecule has 0 aliphatic rings. The van der Waals surface area contributed by atoms with Crippen molar-refractivity contribution >= 4 is 31.6 Å². The van der Waals surface area contributed by atoms with Gasteiger partial charge in [-0.1, -0.05) is 18.2 Å². The second kappa shape index (κ2) is 8.76. The largest absolute Gasteiger partial charge is 0.481 e. The first-order valence-corrected chi connectivity index (χ1v) is 11.4. The molecule has 158 valence electrons. The average molecular weight is 444 g/mol. The molecule has 1 heterocycles. The van der Waals surface area contributed by atoms with Gasteiger partial charge in [0.25, 0.3) is 5.91 Å². The predicted molar refractivity (Wildman–Crippen MR) is 106 cm³/mol. The zero-order valence-electron chi connectivity index (χ0n) is 16.3. The van der Waals surface area contributed by atoms with Crippen LogP contribution in [-0.2, 0) is 24.8 Å². The first kappa shape index (κ1) is 22.6. The van der Waals surface area contributed by atoms with Gasteiger partial charge >= 0.3 is 0 Å². The van der Waals surface area contributed by atoms with E-state index in [1.807, 2.05) is 0 Å². The number of anilines is 1. The summed E-state index contributed by atoms with van der Waals surface area (Å²) in [6.07, 6.45) is 0.820. The Bertz CT molecular complexity index is 1090. The lowest BCUT2D eigenvalue weighted by atomic mass is 10.4. The lowest BCUT2D eigenvalue weighted by Gasteiger charge is -2.24. The van der Waals surface area contributed by atoms with E-state index in [1.165, 1.54) is 45.5 Å². The summed E-state index contributed by atoms with van der Waals surface area (Å²) in [6.45, 7) is -0.723. The Morgan fingerprint density at radius 1 is 1.00 bits per heavy atom. The molecule has 0 radical (unpaired) electrons. The van der Waals surface area contributed by atoms with Crippen molar-refractivity contribution in [3.8, 4) is 11.8 Å². The Morgan fingerprint density at radius 2 is 1.62 bits per heavy atom. The van der Waals surface area contributed by atoms with E-state index in [4.69, 9.17) is 9.47 Å². The highest BCUT2D eigenvalue weighted by molar-refractivity contribution is 7.92. The van der Waals surface area contributed by atoms with Crippen molar-refractivity contribution in [3.63, 3.8) is 0 Å². The van der Waals surface area contributed by atoms with Crippen LogP contribution in [0.1, 0.15) is 0 Å². The number of hydrogen-bond donors (Lipinski definition) is 0. The molecule has 1 aromatic heterocycles. The fourth-order valence-corrected chi connectivity index (χ4v) is 4.51. The van der Waals surface area contributed by atoms with E-state index in [1.54, 1.807) is 18.2 Å². The normalized spacial score (nSPS) is 11.9. The standard InChI is InChI=1S/C17H21N3O7S2/c1-19(29(24,25)13-8-6-5-7-9-13)12-16(21)20(28(4,22)23)14-10-11-15(26-2)18-17(14)27-3/h5-11H,12H2,1-4H3. The summed E-state index contributed by atoms with van der Waals surface area (Å²) in [7, 11) is -4.32. The minimum atomic E-state index is -4.12. The highest BCUT2D eigenvalue weighted by Crippen LogP contribution is 2.30. The molecular formula is C17H21N3O7S2. The van der Waals surface area contributed by atoms with Gasteiger partial charge in [-0.25, -0.2) is 21.1 Å². The summed E-state index contributed by atoms with van der Waals surface area (Å²) < 4.78 is 61.2. The summed E-state index contributed by atoms with van der Waals surface area (Å²) in [5.41, 5.74) is -0.161. The minimum absolute atomic E-state index is 0.0232. The molecule has 0 aliphatic heterocycles. The van der Waals surface area contributed by atoms with Crippen LogP contribution in [0.5, 0.6) is 11.8 Å². The van der Waals surface area contributed by atoms with Crippen molar-refractivity contribution in [2.24, 2.45) is 0 Å². The van der Waals surface area contributed by atoms with Gasteiger partial charge in [-0.05, 0) is 18.2 Å². The molecule has 29 heavy (non-hydrogen) atoms. The molecule has 12 heteroatoms. The van der Waals surface area contributed by atoms with E-state index in [0.717, 1.165) is 10.6 Å². The van der Waals surface area contributed by atoms with Crippen molar-refractivity contribution < 1.29 is 31.1 Å². The Hall–Kier alpha value is -2.70. The number of methoxy groups -OCH3 is 2. The molecule has 0 aliphatic carbocycles. The molecule has 0 fully saturated rings. The number of nitrogens with zero attached hydrogens (tertiary/aromatic N) is 3. The van der Waals surface area contributed by atoms with Gasteiger partial charge in [-0.15, -0.1) is 0 Å². The quantitative estimate of drug-likeness (QED) is 0.584. The van der Waals surface area contributed by atoms with Crippen LogP contribution in [0, 0.1) is 0 Å². The third-order valence-electron chi connectivity index (χ3n) is 3.80. The van der Waals surface area contributed by atoms with Crippen molar-refractivity contribution in [1.29, 1.82) is 0 Å². The second-order valence-electron chi connectivity index (χ2n) is 5.88. The summed E-state index contributed by atoms with van der Waals surface area (Å²) in [5.74, 6) is -1.02. The zero-order valence-corrected chi connectivity index (χ0v) is 17.9. The maximum atomic E-state index is 12.8. The monoisotopic (exact) mass is 443 g/mol. The van der Waals surface area contributed by atoms with Gasteiger partial charge in [-0.3, -0.25) is 4.79 Å². The number of aromatic nitrogens is 1. The van der Waals surface area contributed by atoms with E-state index in [2.05, 4.69) is 4.98 Å². The van der Waals surface area contributed by atoms with Crippen LogP contribution in [0.25, 0.3) is 0 Å². The highest BCUT2D eigenvalue weighted by Gasteiger charge is 2.32. The average Bonchev–Trinajstić information content (AvgIpc) is 2.67. The van der Waals surface area contributed by atoms with Crippen LogP contribution in [0.2, 0.25) is 0 Å². The number of carbonyl (C=O) groups is 1. The van der Waals surface area contributed by atoms with Crippen molar-refractivity contribution in [2.75, 3.05) is 38.4 Å². The number of carbonyl (C=O) groups excluding carboxylic acids is 1. The number of amides is 1. The smallest absolute Gasteiger partial charge is 0.256 e. The Balaban J connectivity index is 2.41. The van der Waals surface area contributed by atoms with Gasteiger partial charge in [0.2, 0.25) is 31.8 Å². The first-order valence-electron chi connectivity index (χ1n) is 8.16. The van der Waals surface area contributed by atoms with Crippen LogP contribution < -0.4 is 13.8 Å². The summed E-state index contributed by atoms with van der Waals surface area (Å²) in [4.78, 5) is 16.8. The molecule has 0 saturated heterocycles. The van der Waals surface area contributed by atoms with Crippen molar-refractivity contribution in [3.05, 3.63) is 42.5 Å². The molecule has 1 amide bonds. The van der Waals surface area contributed by atoms with Gasteiger partial charge < -0.3 is 9.47 Å². The lowest BCUT2D eigenvalue weighted by Crippen LogP contribution is -2.44. The Labute approximate surface area is 169 Å². The van der Waals surface area contributed by atoms with Crippen LogP contribution in [0.3, 0.4) is 0 Å². The Morgan fingerprint density at radius 3 is 2.14 bits per heavy atom. The fraction of sp³-hybridized carbons (Fsp3) is 0.294. The molecular weight excluding hydrogens is 422 g/mol. The van der Waals surface area contributed by atoms with Gasteiger partial charge in [0, 0.05) is 13.1 Å². The van der Waals surface area contributed by atoms with Crippen molar-refractivity contribution in [1.82, 2.24) is 9.29 Å². The van der Waals surface area contributed by atoms with Crippen LogP contribution >= 0.6 is 0 Å². The maximum absolute atomic E-state index is 12.8. The molecule has 1 aromatic carbocycles. The van der Waals surface area contributed by atoms with E-state index in [-0.39, 0.29) is 22.3 Å². The number of sulfonamides is 2. The summed E-state index contributed by atoms with van der Waals surface area (Å²) in [6, 6.07) is 10.1. The molecule has 0 bridgehead atoms. The first-order chi connectivity index (χ1) is 13.5. The highest BCUT2D eigenvalue weighted by atomic mass is 32.2. The second-order valence-corrected chi connectivity index (χ2v) is 9.75. The number of likely N-dealkylation sites (N-methyl/N-ethyl adjacent to an activating group) is 1. The number of hydrogen-bond acceptors (Lipinski definition) is 8. The molecule has 0 spiro atoms. The third-order valence-corrected chi connectivity index (χ3v) is 6.68. The molecule has 0 saturated carbocycles. The van der Waals surface area contributed by atoms with Gasteiger partial charge in [0.15, 0.2) is 0 Å². The molecule has 0 unspecified atom stereocenters. The molecule has 2 rings (SSSR count). The number of ether oxygens (including phenoxy) is 2. The van der Waals surface area contributed by atoms with Crippen molar-refractivity contribution in [2.45, 2.75) is 4.90 Å². The lowest BCUT2D eigenvalue weighted by molar-refractivity contribution is -0.117. The summed E-state index contributed by atoms with van der Waals surface area (Å²) >= 11 is 0. The maximum Gasteiger partial charge on any atom is 0.256 e. The van der Waals surface area contributed by atoms with E-state index >= 15 is 0 Å². The fourth-order valence-electron chi connectivity index (χ4n) is 2.44. The zero-order chi connectivity index (χ0) is 21.8. The Kier molecular flexibility index (Phi) is 6.82. The van der Waals surface area contributed by atoms with Gasteiger partial charge in [-0.2, -0.15) is 9.29 Å². The van der Waals surface area contributed by atoms with E-state index < -0.39 is 32.5 Å². The third kappa shape index (κ3) is 5.02. The SMILES string of the molecule is COc1ccc(N(C(=O)CN(C)S(=O)(=O)c2ccccc2)S(C)(=O)=O)c(OC)n1. The van der Waals surface area contributed by atoms with Gasteiger partial charge in [0.1, 0.15) is 5.69 Å². The predicted octanol–water partition coefficient (Wildman–Crippen LogP) is 0.712. The number of benzene rings is 1. The molecule has 0 N–H and O–H groups in total.